The molecule has 1 amide bonds. The number of aromatic nitrogens is 2. The van der Waals surface area contributed by atoms with Gasteiger partial charge in [-0.1, -0.05) is 47.5 Å². The van der Waals surface area contributed by atoms with Crippen molar-refractivity contribution in [2.24, 2.45) is 0 Å². The number of rotatable bonds is 4. The van der Waals surface area contributed by atoms with Gasteiger partial charge in [0.15, 0.2) is 0 Å². The minimum atomic E-state index is 0.0537. The van der Waals surface area contributed by atoms with Crippen LogP contribution in [0, 0.1) is 13.8 Å². The number of amides is 1. The number of benzene rings is 2. The summed E-state index contributed by atoms with van der Waals surface area (Å²) >= 11 is 6.11. The van der Waals surface area contributed by atoms with Crippen molar-refractivity contribution in [1.82, 2.24) is 19.6 Å². The molecule has 3 aromatic rings. The van der Waals surface area contributed by atoms with Crippen molar-refractivity contribution in [3.63, 3.8) is 0 Å². The van der Waals surface area contributed by atoms with Crippen molar-refractivity contribution in [1.29, 1.82) is 0 Å². The molecule has 0 atom stereocenters. The summed E-state index contributed by atoms with van der Waals surface area (Å²) < 4.78 is 1.78. The van der Waals surface area contributed by atoms with Crippen molar-refractivity contribution in [2.75, 3.05) is 26.2 Å². The Balaban J connectivity index is 1.43. The zero-order chi connectivity index (χ0) is 21.1. The predicted molar refractivity (Wildman–Crippen MR) is 120 cm³/mol. The van der Waals surface area contributed by atoms with Crippen LogP contribution in [-0.2, 0) is 6.54 Å². The molecule has 6 heteroatoms. The second kappa shape index (κ2) is 9.02. The lowest BCUT2D eigenvalue weighted by atomic mass is 10.1. The summed E-state index contributed by atoms with van der Waals surface area (Å²) in [6.07, 6.45) is 2.65. The number of carbonyl (C=O) groups is 1. The van der Waals surface area contributed by atoms with Crippen LogP contribution in [0.15, 0.2) is 54.7 Å². The fourth-order valence-electron chi connectivity index (χ4n) is 3.94. The van der Waals surface area contributed by atoms with Gasteiger partial charge in [-0.3, -0.25) is 9.69 Å². The molecule has 0 N–H and O–H groups in total. The highest BCUT2D eigenvalue weighted by molar-refractivity contribution is 6.30. The minimum Gasteiger partial charge on any atom is -0.337 e. The Morgan fingerprint density at radius 1 is 1.03 bits per heavy atom. The van der Waals surface area contributed by atoms with E-state index in [4.69, 9.17) is 11.6 Å². The summed E-state index contributed by atoms with van der Waals surface area (Å²) in [5.41, 5.74) is 4.95. The predicted octanol–water partition coefficient (Wildman–Crippen LogP) is 4.49. The average molecular weight is 423 g/mol. The van der Waals surface area contributed by atoms with Gasteiger partial charge in [-0.2, -0.15) is 5.10 Å². The first-order chi connectivity index (χ1) is 14.5. The van der Waals surface area contributed by atoms with Gasteiger partial charge in [0.25, 0.3) is 5.91 Å². The Hall–Kier alpha value is -2.63. The Morgan fingerprint density at radius 3 is 2.60 bits per heavy atom. The van der Waals surface area contributed by atoms with E-state index in [-0.39, 0.29) is 5.91 Å². The highest BCUT2D eigenvalue weighted by Gasteiger charge is 2.24. The summed E-state index contributed by atoms with van der Waals surface area (Å²) in [7, 11) is 0. The molecule has 0 spiro atoms. The third kappa shape index (κ3) is 4.58. The van der Waals surface area contributed by atoms with Crippen molar-refractivity contribution in [3.8, 4) is 5.69 Å². The van der Waals surface area contributed by atoms with Crippen LogP contribution >= 0.6 is 11.6 Å². The number of hydrogen-bond acceptors (Lipinski definition) is 3. The average Bonchev–Trinajstić information content (AvgIpc) is 2.97. The normalized spacial score (nSPS) is 15.2. The standard InChI is InChI=1S/C24H27ClN4O/c1-18-7-9-20(10-8-18)17-27-11-4-12-28(14-13-27)24(30)23-16-26-29(19(23)2)22-6-3-5-21(25)15-22/h3,5-10,15-16H,4,11-14,17H2,1-2H3. The van der Waals surface area contributed by atoms with Crippen molar-refractivity contribution < 1.29 is 4.79 Å². The molecule has 1 saturated heterocycles. The summed E-state index contributed by atoms with van der Waals surface area (Å²) in [5, 5.41) is 5.09. The maximum atomic E-state index is 13.2. The molecule has 1 aliphatic rings. The first kappa shape index (κ1) is 20.6. The van der Waals surface area contributed by atoms with E-state index in [1.165, 1.54) is 11.1 Å². The van der Waals surface area contributed by atoms with Gasteiger partial charge in [0, 0.05) is 37.7 Å². The lowest BCUT2D eigenvalue weighted by Crippen LogP contribution is -2.35. The van der Waals surface area contributed by atoms with Gasteiger partial charge >= 0.3 is 0 Å². The summed E-state index contributed by atoms with van der Waals surface area (Å²) in [4.78, 5) is 17.6. The second-order valence-electron chi connectivity index (χ2n) is 7.94. The number of aryl methyl sites for hydroxylation is 1. The van der Waals surface area contributed by atoms with Gasteiger partial charge in [0.1, 0.15) is 0 Å². The first-order valence-electron chi connectivity index (χ1n) is 10.4. The quantitative estimate of drug-likeness (QED) is 0.622. The third-order valence-electron chi connectivity index (χ3n) is 5.70. The number of carbonyl (C=O) groups excluding carboxylic acids is 1. The fraction of sp³-hybridized carbons (Fsp3) is 0.333. The van der Waals surface area contributed by atoms with Gasteiger partial charge in [0.2, 0.25) is 0 Å². The van der Waals surface area contributed by atoms with Crippen LogP contribution in [0.4, 0.5) is 0 Å². The van der Waals surface area contributed by atoms with E-state index in [0.717, 1.165) is 50.5 Å². The van der Waals surface area contributed by atoms with Gasteiger partial charge in [-0.05, 0) is 44.0 Å². The Labute approximate surface area is 182 Å². The van der Waals surface area contributed by atoms with Gasteiger partial charge in [-0.15, -0.1) is 0 Å². The zero-order valence-corrected chi connectivity index (χ0v) is 18.3. The number of hydrogen-bond donors (Lipinski definition) is 0. The third-order valence-corrected chi connectivity index (χ3v) is 5.93. The van der Waals surface area contributed by atoms with E-state index in [1.54, 1.807) is 10.9 Å². The molecule has 2 aromatic carbocycles. The molecule has 4 rings (SSSR count). The SMILES string of the molecule is Cc1ccc(CN2CCCN(C(=O)c3cnn(-c4cccc(Cl)c4)c3C)CC2)cc1. The van der Waals surface area contributed by atoms with Gasteiger partial charge < -0.3 is 4.90 Å². The lowest BCUT2D eigenvalue weighted by Gasteiger charge is -2.22. The number of halogens is 1. The molecule has 0 radical (unpaired) electrons. The van der Waals surface area contributed by atoms with Crippen LogP contribution in [-0.4, -0.2) is 51.7 Å². The zero-order valence-electron chi connectivity index (χ0n) is 17.5. The smallest absolute Gasteiger partial charge is 0.257 e. The molecule has 30 heavy (non-hydrogen) atoms. The Kier molecular flexibility index (Phi) is 6.21. The van der Waals surface area contributed by atoms with Crippen molar-refractivity contribution in [2.45, 2.75) is 26.8 Å². The van der Waals surface area contributed by atoms with Crippen molar-refractivity contribution in [3.05, 3.63) is 82.1 Å². The van der Waals surface area contributed by atoms with Crippen LogP contribution in [0.25, 0.3) is 5.69 Å². The van der Waals surface area contributed by atoms with Crippen molar-refractivity contribution >= 4 is 17.5 Å². The molecule has 0 saturated carbocycles. The highest BCUT2D eigenvalue weighted by Crippen LogP contribution is 2.20. The molecule has 5 nitrogen and oxygen atoms in total. The molecule has 156 valence electrons. The second-order valence-corrected chi connectivity index (χ2v) is 8.38. The lowest BCUT2D eigenvalue weighted by molar-refractivity contribution is 0.0760. The molecular weight excluding hydrogens is 396 g/mol. The van der Waals surface area contributed by atoms with E-state index in [0.29, 0.717) is 10.6 Å². The maximum Gasteiger partial charge on any atom is 0.257 e. The van der Waals surface area contributed by atoms with E-state index < -0.39 is 0 Å². The number of nitrogens with zero attached hydrogens (tertiary/aromatic N) is 4. The highest BCUT2D eigenvalue weighted by atomic mass is 35.5. The molecule has 2 heterocycles. The fourth-order valence-corrected chi connectivity index (χ4v) is 4.13. The summed E-state index contributed by atoms with van der Waals surface area (Å²) in [6.45, 7) is 8.34. The topological polar surface area (TPSA) is 41.4 Å². The van der Waals surface area contributed by atoms with Gasteiger partial charge in [0.05, 0.1) is 23.1 Å². The van der Waals surface area contributed by atoms with Crippen LogP contribution in [0.1, 0.15) is 33.6 Å². The van der Waals surface area contributed by atoms with Gasteiger partial charge in [-0.25, -0.2) is 4.68 Å². The Bertz CT molecular complexity index is 1030. The molecule has 0 bridgehead atoms. The largest absolute Gasteiger partial charge is 0.337 e. The van der Waals surface area contributed by atoms with E-state index in [9.17, 15) is 4.79 Å². The first-order valence-corrected chi connectivity index (χ1v) is 10.8. The minimum absolute atomic E-state index is 0.0537. The molecule has 0 unspecified atom stereocenters. The van der Waals surface area contributed by atoms with E-state index in [2.05, 4.69) is 41.2 Å². The molecule has 0 aliphatic carbocycles. The van der Waals surface area contributed by atoms with Crippen LogP contribution in [0.3, 0.4) is 0 Å². The molecule has 1 fully saturated rings. The maximum absolute atomic E-state index is 13.2. The summed E-state index contributed by atoms with van der Waals surface area (Å²) in [5.74, 6) is 0.0537. The molecule has 1 aromatic heterocycles. The molecular formula is C24H27ClN4O. The molecule has 1 aliphatic heterocycles. The Morgan fingerprint density at radius 2 is 1.83 bits per heavy atom. The van der Waals surface area contributed by atoms with Crippen LogP contribution in [0.2, 0.25) is 5.02 Å². The van der Waals surface area contributed by atoms with Crippen LogP contribution in [0.5, 0.6) is 0 Å². The van der Waals surface area contributed by atoms with E-state index >= 15 is 0 Å². The summed E-state index contributed by atoms with van der Waals surface area (Å²) in [6, 6.07) is 16.2. The van der Waals surface area contributed by atoms with E-state index in [1.807, 2.05) is 36.1 Å². The monoisotopic (exact) mass is 422 g/mol. The van der Waals surface area contributed by atoms with Crippen LogP contribution < -0.4 is 0 Å².